The van der Waals surface area contributed by atoms with Crippen molar-refractivity contribution in [2.24, 2.45) is 17.8 Å². The number of aromatic hydroxyl groups is 1. The van der Waals surface area contributed by atoms with E-state index in [-0.39, 0.29) is 63.0 Å². The molecule has 3 atom stereocenters. The number of benzene rings is 2. The Morgan fingerprint density at radius 1 is 1.11 bits per heavy atom. The third-order valence-corrected chi connectivity index (χ3v) is 6.51. The van der Waals surface area contributed by atoms with Crippen LogP contribution in [0.3, 0.4) is 0 Å². The van der Waals surface area contributed by atoms with Gasteiger partial charge in [-0.3, -0.25) is 14.4 Å². The number of hydrogen-bond donors (Lipinski definition) is 3. The van der Waals surface area contributed by atoms with Gasteiger partial charge in [-0.1, -0.05) is 12.1 Å². The van der Waals surface area contributed by atoms with E-state index in [9.17, 15) is 38.5 Å². The standard InChI is InChI=1S/C26H28F2O6.H2O.2H2/c1-14(31)8-24(33)20(13-30)17(6-7-29)9-15-10-19-18(16-2-4-21(27)22(28)12-16)3-5-23(32)26(19)25(34)11-15;;;/h2-5,12,15,17,20,29-30,32H,6-11,13H2,1H3;1H2;2*1H. The maximum Gasteiger partial charge on any atom is 0.167 e. The van der Waals surface area contributed by atoms with Gasteiger partial charge in [-0.15, -0.1) is 0 Å². The second kappa shape index (κ2) is 12.1. The number of aliphatic hydroxyl groups is 2. The lowest BCUT2D eigenvalue weighted by Crippen LogP contribution is -2.32. The Hall–Kier alpha value is -3.01. The first kappa shape index (κ1) is 28.2. The lowest BCUT2D eigenvalue weighted by atomic mass is 9.72. The summed E-state index contributed by atoms with van der Waals surface area (Å²) < 4.78 is 27.3. The number of fused-ring (bicyclic) bond motifs is 1. The van der Waals surface area contributed by atoms with Crippen LogP contribution in [-0.4, -0.2) is 51.4 Å². The number of hydrogen-bond acceptors (Lipinski definition) is 6. The molecule has 0 amide bonds. The molecule has 0 bridgehead atoms. The summed E-state index contributed by atoms with van der Waals surface area (Å²) in [6.07, 6.45) is 0.636. The molecule has 3 rings (SSSR count). The zero-order chi connectivity index (χ0) is 25.0. The predicted octanol–water partition coefficient (Wildman–Crippen LogP) is 3.30. The zero-order valence-electron chi connectivity index (χ0n) is 19.4. The average molecular weight is 497 g/mol. The Morgan fingerprint density at radius 2 is 1.83 bits per heavy atom. The van der Waals surface area contributed by atoms with E-state index >= 15 is 0 Å². The van der Waals surface area contributed by atoms with Crippen molar-refractivity contribution in [3.05, 3.63) is 53.1 Å². The fourth-order valence-electron chi connectivity index (χ4n) is 4.95. The van der Waals surface area contributed by atoms with Gasteiger partial charge in [0.1, 0.15) is 17.3 Å². The van der Waals surface area contributed by atoms with Crippen LogP contribution < -0.4 is 0 Å². The van der Waals surface area contributed by atoms with Crippen LogP contribution in [0.25, 0.3) is 11.1 Å². The summed E-state index contributed by atoms with van der Waals surface area (Å²) in [5, 5.41) is 29.7. The van der Waals surface area contributed by atoms with Gasteiger partial charge in [-0.2, -0.15) is 0 Å². The van der Waals surface area contributed by atoms with Crippen LogP contribution in [0.4, 0.5) is 8.78 Å². The predicted molar refractivity (Wildman–Crippen MR) is 128 cm³/mol. The van der Waals surface area contributed by atoms with Gasteiger partial charge < -0.3 is 20.8 Å². The molecule has 5 N–H and O–H groups in total. The first-order chi connectivity index (χ1) is 16.2. The number of halogens is 2. The van der Waals surface area contributed by atoms with Crippen LogP contribution in [0.1, 0.15) is 51.4 Å². The second-order valence-electron chi connectivity index (χ2n) is 8.95. The van der Waals surface area contributed by atoms with Gasteiger partial charge in [0.15, 0.2) is 17.4 Å². The summed E-state index contributed by atoms with van der Waals surface area (Å²) in [4.78, 5) is 36.9. The van der Waals surface area contributed by atoms with Crippen LogP contribution in [0.15, 0.2) is 30.3 Å². The maximum atomic E-state index is 13.9. The lowest BCUT2D eigenvalue weighted by molar-refractivity contribution is -0.131. The van der Waals surface area contributed by atoms with E-state index in [0.29, 0.717) is 29.5 Å². The highest BCUT2D eigenvalue weighted by Crippen LogP contribution is 2.41. The van der Waals surface area contributed by atoms with Crippen molar-refractivity contribution in [1.29, 1.82) is 0 Å². The number of rotatable bonds is 10. The smallest absolute Gasteiger partial charge is 0.167 e. The molecule has 0 spiro atoms. The minimum atomic E-state index is -1.03. The number of phenols is 1. The molecule has 0 fully saturated rings. The average Bonchev–Trinajstić information content (AvgIpc) is 2.76. The van der Waals surface area contributed by atoms with Gasteiger partial charge in [-0.05, 0) is 72.9 Å². The number of carbonyl (C=O) groups excluding carboxylic acids is 3. The first-order valence-electron chi connectivity index (χ1n) is 11.2. The number of Topliss-reactive ketones (excluding diaryl/α,β-unsaturated/α-hetero) is 3. The van der Waals surface area contributed by atoms with Crippen LogP contribution in [0.5, 0.6) is 5.75 Å². The molecule has 0 aliphatic heterocycles. The molecular weight excluding hydrogens is 462 g/mol. The van der Waals surface area contributed by atoms with Gasteiger partial charge >= 0.3 is 0 Å². The fraction of sp³-hybridized carbons (Fsp3) is 0.423. The maximum absolute atomic E-state index is 13.9. The number of carbonyl (C=O) groups is 3. The van der Waals surface area contributed by atoms with Crippen LogP contribution >= 0.6 is 0 Å². The lowest BCUT2D eigenvalue weighted by Gasteiger charge is -2.31. The van der Waals surface area contributed by atoms with Crippen molar-refractivity contribution in [2.45, 2.75) is 39.0 Å². The van der Waals surface area contributed by atoms with Crippen LogP contribution in [-0.2, 0) is 16.0 Å². The molecule has 0 saturated carbocycles. The van der Waals surface area contributed by atoms with Crippen molar-refractivity contribution in [2.75, 3.05) is 13.2 Å². The molecule has 2 aromatic rings. The Kier molecular flexibility index (Phi) is 9.76. The Balaban J connectivity index is 0.00000432. The SMILES string of the molecule is CC(=O)CC(=O)C(CO)C(CCO)CC1CC(=O)c2c(O)ccc(-c3ccc(F)c(F)c3)c2C1.O.[HH].[HH]. The van der Waals surface area contributed by atoms with Crippen molar-refractivity contribution < 1.29 is 46.8 Å². The van der Waals surface area contributed by atoms with Crippen LogP contribution in [0.2, 0.25) is 0 Å². The topological polar surface area (TPSA) is 143 Å². The van der Waals surface area contributed by atoms with Gasteiger partial charge in [0, 0.05) is 21.8 Å². The van der Waals surface area contributed by atoms with Crippen molar-refractivity contribution in [3.63, 3.8) is 0 Å². The molecule has 3 unspecified atom stereocenters. The molecular formula is C26H34F2O7. The summed E-state index contributed by atoms with van der Waals surface area (Å²) in [5.41, 5.74) is 1.50. The zero-order valence-corrected chi connectivity index (χ0v) is 19.4. The third kappa shape index (κ3) is 6.36. The summed E-state index contributed by atoms with van der Waals surface area (Å²) >= 11 is 0. The quantitative estimate of drug-likeness (QED) is 0.431. The number of aliphatic hydroxyl groups excluding tert-OH is 2. The Bertz CT molecular complexity index is 1110. The summed E-state index contributed by atoms with van der Waals surface area (Å²) in [6, 6.07) is 6.33. The van der Waals surface area contributed by atoms with E-state index in [1.165, 1.54) is 19.1 Å². The van der Waals surface area contributed by atoms with E-state index in [2.05, 4.69) is 0 Å². The van der Waals surface area contributed by atoms with E-state index in [4.69, 9.17) is 0 Å². The second-order valence-corrected chi connectivity index (χ2v) is 8.95. The summed E-state index contributed by atoms with van der Waals surface area (Å²) in [5.74, 6) is -4.84. The van der Waals surface area contributed by atoms with Gasteiger partial charge in [0.05, 0.1) is 18.6 Å². The summed E-state index contributed by atoms with van der Waals surface area (Å²) in [7, 11) is 0. The highest BCUT2D eigenvalue weighted by molar-refractivity contribution is 6.03. The van der Waals surface area contributed by atoms with E-state index in [1.54, 1.807) is 6.07 Å². The van der Waals surface area contributed by atoms with Gasteiger partial charge in [-0.25, -0.2) is 8.78 Å². The largest absolute Gasteiger partial charge is 0.507 e. The molecule has 2 aromatic carbocycles. The minimum absolute atomic E-state index is 0. The molecule has 0 radical (unpaired) electrons. The van der Waals surface area contributed by atoms with E-state index in [1.807, 2.05) is 0 Å². The number of phenolic OH excluding ortho intramolecular Hbond substituents is 1. The molecule has 9 heteroatoms. The third-order valence-electron chi connectivity index (χ3n) is 6.51. The van der Waals surface area contributed by atoms with Crippen molar-refractivity contribution >= 4 is 17.3 Å². The molecule has 0 saturated heterocycles. The van der Waals surface area contributed by atoms with E-state index < -0.39 is 35.9 Å². The van der Waals surface area contributed by atoms with Gasteiger partial charge in [0.25, 0.3) is 0 Å². The minimum Gasteiger partial charge on any atom is -0.507 e. The molecule has 0 heterocycles. The molecule has 35 heavy (non-hydrogen) atoms. The number of ketones is 3. The molecule has 194 valence electrons. The highest BCUT2D eigenvalue weighted by atomic mass is 19.2. The Labute approximate surface area is 204 Å². The Morgan fingerprint density at radius 3 is 2.43 bits per heavy atom. The van der Waals surface area contributed by atoms with Crippen molar-refractivity contribution in [3.8, 4) is 16.9 Å². The first-order valence-corrected chi connectivity index (χ1v) is 11.2. The molecule has 1 aliphatic rings. The van der Waals surface area contributed by atoms with Crippen molar-refractivity contribution in [1.82, 2.24) is 0 Å². The van der Waals surface area contributed by atoms with E-state index in [0.717, 1.165) is 12.1 Å². The molecule has 7 nitrogen and oxygen atoms in total. The summed E-state index contributed by atoms with van der Waals surface area (Å²) in [6.45, 7) is 0.581. The fourth-order valence-corrected chi connectivity index (χ4v) is 4.95. The normalized spacial score (nSPS) is 16.7. The monoisotopic (exact) mass is 496 g/mol. The highest BCUT2D eigenvalue weighted by Gasteiger charge is 2.35. The van der Waals surface area contributed by atoms with Gasteiger partial charge in [0.2, 0.25) is 0 Å². The van der Waals surface area contributed by atoms with Crippen LogP contribution in [0, 0.1) is 29.4 Å². The molecule has 1 aliphatic carbocycles. The molecule has 0 aromatic heterocycles.